The molecule has 3 aromatic rings. The number of pyridine rings is 1. The molecule has 0 spiro atoms. The number of benzene rings is 1. The van der Waals surface area contributed by atoms with Crippen LogP contribution in [-0.4, -0.2) is 28.0 Å². The lowest BCUT2D eigenvalue weighted by atomic mass is 9.96. The summed E-state index contributed by atoms with van der Waals surface area (Å²) in [4.78, 5) is 15.9. The minimum absolute atomic E-state index is 0.485. The molecule has 138 valence electrons. The summed E-state index contributed by atoms with van der Waals surface area (Å²) in [5.41, 5.74) is 2.06. The number of hydrogen-bond donors (Lipinski definition) is 1. The smallest absolute Gasteiger partial charge is 0.224 e. The van der Waals surface area contributed by atoms with E-state index >= 15 is 0 Å². The van der Waals surface area contributed by atoms with Crippen molar-refractivity contribution in [3.8, 4) is 11.3 Å². The van der Waals surface area contributed by atoms with Gasteiger partial charge in [0, 0.05) is 24.8 Å². The fraction of sp³-hybridized carbons (Fsp3) is 0.318. The van der Waals surface area contributed by atoms with E-state index in [1.807, 2.05) is 60.6 Å². The van der Waals surface area contributed by atoms with Crippen molar-refractivity contribution in [3.05, 3.63) is 60.8 Å². The number of nitrogens with one attached hydrogen (secondary N) is 1. The molecule has 27 heavy (non-hydrogen) atoms. The highest BCUT2D eigenvalue weighted by atomic mass is 15.2. The van der Waals surface area contributed by atoms with Crippen LogP contribution in [-0.2, 0) is 0 Å². The Bertz CT molecular complexity index is 875. The van der Waals surface area contributed by atoms with Crippen molar-refractivity contribution in [3.63, 3.8) is 0 Å². The summed E-state index contributed by atoms with van der Waals surface area (Å²) >= 11 is 0. The van der Waals surface area contributed by atoms with Gasteiger partial charge >= 0.3 is 0 Å². The van der Waals surface area contributed by atoms with Gasteiger partial charge < -0.3 is 10.2 Å². The maximum absolute atomic E-state index is 4.81. The van der Waals surface area contributed by atoms with Gasteiger partial charge in [0.15, 0.2) is 0 Å². The van der Waals surface area contributed by atoms with Crippen LogP contribution in [0.15, 0.2) is 60.8 Å². The Morgan fingerprint density at radius 2 is 1.63 bits per heavy atom. The SMILES string of the molecule is CN(c1cccc(-c2ccccc2)n1)c1ccnc(NC2CCCCC2)n1. The lowest BCUT2D eigenvalue weighted by molar-refractivity contribution is 0.461. The monoisotopic (exact) mass is 359 g/mol. The molecule has 1 aliphatic carbocycles. The molecule has 1 fully saturated rings. The zero-order valence-corrected chi connectivity index (χ0v) is 15.7. The fourth-order valence-corrected chi connectivity index (χ4v) is 3.53. The average Bonchev–Trinajstić information content (AvgIpc) is 2.75. The molecule has 5 heteroatoms. The van der Waals surface area contributed by atoms with Crippen molar-refractivity contribution in [1.29, 1.82) is 0 Å². The molecule has 0 radical (unpaired) electrons. The van der Waals surface area contributed by atoms with Crippen molar-refractivity contribution in [2.75, 3.05) is 17.3 Å². The molecule has 0 atom stereocenters. The first-order chi connectivity index (χ1) is 13.3. The second-order valence-corrected chi connectivity index (χ2v) is 7.02. The number of hydrogen-bond acceptors (Lipinski definition) is 5. The summed E-state index contributed by atoms with van der Waals surface area (Å²) in [6.07, 6.45) is 8.12. The highest BCUT2D eigenvalue weighted by Gasteiger charge is 2.15. The van der Waals surface area contributed by atoms with Crippen molar-refractivity contribution < 1.29 is 0 Å². The van der Waals surface area contributed by atoms with E-state index < -0.39 is 0 Å². The maximum atomic E-state index is 4.81. The third-order valence-corrected chi connectivity index (χ3v) is 5.07. The summed E-state index contributed by atoms with van der Waals surface area (Å²) in [7, 11) is 1.99. The summed E-state index contributed by atoms with van der Waals surface area (Å²) in [6.45, 7) is 0. The molecular weight excluding hydrogens is 334 g/mol. The summed E-state index contributed by atoms with van der Waals surface area (Å²) in [6, 6.07) is 18.7. The molecule has 5 nitrogen and oxygen atoms in total. The largest absolute Gasteiger partial charge is 0.351 e. The molecule has 0 bridgehead atoms. The van der Waals surface area contributed by atoms with Crippen LogP contribution in [0.25, 0.3) is 11.3 Å². The van der Waals surface area contributed by atoms with Gasteiger partial charge in [-0.05, 0) is 31.0 Å². The van der Waals surface area contributed by atoms with Crippen molar-refractivity contribution in [1.82, 2.24) is 15.0 Å². The minimum Gasteiger partial charge on any atom is -0.351 e. The van der Waals surface area contributed by atoms with Crippen molar-refractivity contribution in [2.45, 2.75) is 38.1 Å². The van der Waals surface area contributed by atoms with Crippen LogP contribution >= 0.6 is 0 Å². The number of anilines is 3. The lowest BCUT2D eigenvalue weighted by Crippen LogP contribution is -2.24. The molecule has 0 amide bonds. The first-order valence-electron chi connectivity index (χ1n) is 9.65. The van der Waals surface area contributed by atoms with Crippen LogP contribution in [0.4, 0.5) is 17.6 Å². The first-order valence-corrected chi connectivity index (χ1v) is 9.65. The molecule has 2 aromatic heterocycles. The van der Waals surface area contributed by atoms with Gasteiger partial charge in [-0.25, -0.2) is 9.97 Å². The fourth-order valence-electron chi connectivity index (χ4n) is 3.53. The van der Waals surface area contributed by atoms with Crippen molar-refractivity contribution in [2.24, 2.45) is 0 Å². The molecule has 1 aromatic carbocycles. The molecule has 1 N–H and O–H groups in total. The Labute approximate surface area is 160 Å². The number of aromatic nitrogens is 3. The Kier molecular flexibility index (Phi) is 5.28. The Balaban J connectivity index is 1.54. The van der Waals surface area contributed by atoms with Crippen LogP contribution in [0, 0.1) is 0 Å². The van der Waals surface area contributed by atoms with Gasteiger partial charge in [0.2, 0.25) is 5.95 Å². The Morgan fingerprint density at radius 1 is 0.852 bits per heavy atom. The number of rotatable bonds is 5. The zero-order valence-electron chi connectivity index (χ0n) is 15.7. The van der Waals surface area contributed by atoms with Gasteiger partial charge in [-0.1, -0.05) is 55.7 Å². The normalized spacial score (nSPS) is 14.7. The second kappa shape index (κ2) is 8.16. The van der Waals surface area contributed by atoms with Gasteiger partial charge in [-0.15, -0.1) is 0 Å². The molecule has 2 heterocycles. The van der Waals surface area contributed by atoms with E-state index in [-0.39, 0.29) is 0 Å². The zero-order chi connectivity index (χ0) is 18.5. The molecule has 1 aliphatic rings. The van der Waals surface area contributed by atoms with Crippen LogP contribution < -0.4 is 10.2 Å². The van der Waals surface area contributed by atoms with Gasteiger partial charge in [0.25, 0.3) is 0 Å². The third-order valence-electron chi connectivity index (χ3n) is 5.07. The van der Waals surface area contributed by atoms with E-state index in [1.54, 1.807) is 0 Å². The summed E-state index contributed by atoms with van der Waals surface area (Å²) in [5.74, 6) is 2.39. The molecule has 1 saturated carbocycles. The van der Waals surface area contributed by atoms with Gasteiger partial charge in [0.05, 0.1) is 5.69 Å². The Morgan fingerprint density at radius 3 is 2.44 bits per heavy atom. The summed E-state index contributed by atoms with van der Waals surface area (Å²) < 4.78 is 0. The minimum atomic E-state index is 0.485. The van der Waals surface area contributed by atoms with E-state index in [1.165, 1.54) is 32.1 Å². The van der Waals surface area contributed by atoms with E-state index in [9.17, 15) is 0 Å². The predicted molar refractivity (Wildman–Crippen MR) is 110 cm³/mol. The van der Waals surface area contributed by atoms with Crippen LogP contribution in [0.1, 0.15) is 32.1 Å². The van der Waals surface area contributed by atoms with E-state index in [0.29, 0.717) is 12.0 Å². The second-order valence-electron chi connectivity index (χ2n) is 7.02. The number of nitrogens with zero attached hydrogens (tertiary/aromatic N) is 4. The topological polar surface area (TPSA) is 53.9 Å². The molecule has 0 unspecified atom stereocenters. The van der Waals surface area contributed by atoms with Crippen molar-refractivity contribution >= 4 is 17.6 Å². The quantitative estimate of drug-likeness (QED) is 0.691. The van der Waals surface area contributed by atoms with E-state index in [2.05, 4.69) is 22.4 Å². The predicted octanol–water partition coefficient (Wildman–Crippen LogP) is 5.05. The highest BCUT2D eigenvalue weighted by Crippen LogP contribution is 2.25. The molecule has 4 rings (SSSR count). The lowest BCUT2D eigenvalue weighted by Gasteiger charge is -2.23. The Hall–Kier alpha value is -2.95. The van der Waals surface area contributed by atoms with Gasteiger partial charge in [-0.3, -0.25) is 0 Å². The van der Waals surface area contributed by atoms with Gasteiger partial charge in [0.1, 0.15) is 11.6 Å². The van der Waals surface area contributed by atoms with Crippen LogP contribution in [0.5, 0.6) is 0 Å². The first kappa shape index (κ1) is 17.5. The maximum Gasteiger partial charge on any atom is 0.224 e. The van der Waals surface area contributed by atoms with Crippen LogP contribution in [0.2, 0.25) is 0 Å². The van der Waals surface area contributed by atoms with Crippen LogP contribution in [0.3, 0.4) is 0 Å². The molecular formula is C22H25N5. The average molecular weight is 359 g/mol. The van der Waals surface area contributed by atoms with E-state index in [0.717, 1.165) is 22.9 Å². The third kappa shape index (κ3) is 4.25. The van der Waals surface area contributed by atoms with E-state index in [4.69, 9.17) is 9.97 Å². The molecule has 0 saturated heterocycles. The van der Waals surface area contributed by atoms with Gasteiger partial charge in [-0.2, -0.15) is 4.98 Å². The summed E-state index contributed by atoms with van der Waals surface area (Å²) in [5, 5.41) is 3.50. The standard InChI is InChI=1S/C22H25N5/c1-27(20-14-8-13-19(25-20)17-9-4-2-5-10-17)21-15-16-23-22(26-21)24-18-11-6-3-7-12-18/h2,4-5,8-10,13-16,18H,3,6-7,11-12H2,1H3,(H,23,24,26). The highest BCUT2D eigenvalue weighted by molar-refractivity contribution is 5.64. The molecule has 0 aliphatic heterocycles.